The molecule has 0 spiro atoms. The first kappa shape index (κ1) is 24.7. The van der Waals surface area contributed by atoms with Crippen LogP contribution in [0.4, 0.5) is 11.4 Å². The number of nitrogens with zero attached hydrogens (tertiary/aromatic N) is 3. The highest BCUT2D eigenvalue weighted by Crippen LogP contribution is 2.49. The van der Waals surface area contributed by atoms with E-state index in [2.05, 4.69) is 70.7 Å². The molecule has 0 N–H and O–H groups in total. The van der Waals surface area contributed by atoms with Gasteiger partial charge in [-0.2, -0.15) is 0 Å². The minimum atomic E-state index is 0.0623. The Morgan fingerprint density at radius 1 is 0.914 bits per heavy atom. The van der Waals surface area contributed by atoms with Gasteiger partial charge in [0.05, 0.1) is 17.1 Å². The highest BCUT2D eigenvalue weighted by molar-refractivity contribution is 8.23. The van der Waals surface area contributed by atoms with Gasteiger partial charge in [0.25, 0.3) is 0 Å². The second-order valence-corrected chi connectivity index (χ2v) is 12.0. The number of thioether (sulfide) groups is 2. The van der Waals surface area contributed by atoms with E-state index in [0.717, 1.165) is 63.1 Å². The molecule has 0 atom stereocenters. The molecule has 5 rings (SSSR count). The molecule has 3 aromatic rings. The van der Waals surface area contributed by atoms with E-state index in [1.807, 2.05) is 23.1 Å². The Kier molecular flexibility index (Phi) is 8.04. The molecule has 0 aliphatic carbocycles. The maximum atomic E-state index is 13.6. The van der Waals surface area contributed by atoms with Gasteiger partial charge in [0.2, 0.25) is 5.91 Å². The fourth-order valence-electron chi connectivity index (χ4n) is 4.34. The molecule has 3 aromatic carbocycles. The average Bonchev–Trinajstić information content (AvgIpc) is 2.91. The lowest BCUT2D eigenvalue weighted by Gasteiger charge is -2.36. The van der Waals surface area contributed by atoms with Crippen molar-refractivity contribution in [3.63, 3.8) is 0 Å². The number of para-hydroxylation sites is 1. The molecule has 180 valence electrons. The van der Waals surface area contributed by atoms with E-state index in [0.29, 0.717) is 5.75 Å². The normalized spacial score (nSPS) is 15.5. The zero-order chi connectivity index (χ0) is 24.2. The van der Waals surface area contributed by atoms with Gasteiger partial charge in [-0.1, -0.05) is 78.2 Å². The van der Waals surface area contributed by atoms with Crippen molar-refractivity contribution in [3.8, 4) is 0 Å². The van der Waals surface area contributed by atoms with E-state index >= 15 is 0 Å². The molecule has 1 saturated heterocycles. The largest absolute Gasteiger partial charge is 0.355 e. The first-order chi connectivity index (χ1) is 17.1. The first-order valence-corrected chi connectivity index (χ1v) is 15.0. The van der Waals surface area contributed by atoms with Crippen LogP contribution < -0.4 is 4.90 Å². The van der Waals surface area contributed by atoms with Crippen molar-refractivity contribution in [1.29, 1.82) is 0 Å². The van der Waals surface area contributed by atoms with Gasteiger partial charge < -0.3 is 4.90 Å². The Hall–Kier alpha value is -1.97. The smallest absolute Gasteiger partial charge is 0.242 e. The SMILES string of the molecule is CSc1ccc2c(c1)N(C(=O)CSC(=S)N1CCN(Cc3ccccc3)CC1)c1ccccc1S2. The van der Waals surface area contributed by atoms with Gasteiger partial charge in [-0.25, -0.2) is 0 Å². The monoisotopic (exact) mass is 537 g/mol. The lowest BCUT2D eigenvalue weighted by Crippen LogP contribution is -2.47. The number of amides is 1. The molecular formula is C27H27N3OS4. The standard InChI is InChI=1S/C27H27N3OS4/c1-33-21-11-12-25-23(17-21)30(22-9-5-6-10-24(22)35-25)26(31)19-34-27(32)29-15-13-28(14-16-29)18-20-7-3-2-4-8-20/h2-12,17H,13-16,18-19H2,1H3. The summed E-state index contributed by atoms with van der Waals surface area (Å²) in [5.74, 6) is 0.387. The molecule has 1 amide bonds. The number of carbonyl (C=O) groups is 1. The van der Waals surface area contributed by atoms with Crippen molar-refractivity contribution >= 4 is 69.1 Å². The van der Waals surface area contributed by atoms with E-state index in [9.17, 15) is 4.79 Å². The summed E-state index contributed by atoms with van der Waals surface area (Å²) >= 11 is 10.6. The van der Waals surface area contributed by atoms with Crippen molar-refractivity contribution < 1.29 is 4.79 Å². The van der Waals surface area contributed by atoms with E-state index in [1.165, 1.54) is 17.3 Å². The van der Waals surface area contributed by atoms with Gasteiger partial charge in [0.1, 0.15) is 4.32 Å². The van der Waals surface area contributed by atoms with E-state index in [1.54, 1.807) is 23.5 Å². The highest BCUT2D eigenvalue weighted by atomic mass is 32.2. The van der Waals surface area contributed by atoms with Gasteiger partial charge >= 0.3 is 0 Å². The van der Waals surface area contributed by atoms with Crippen molar-refractivity contribution in [2.45, 2.75) is 21.2 Å². The minimum Gasteiger partial charge on any atom is -0.355 e. The van der Waals surface area contributed by atoms with Crippen LogP contribution in [0.2, 0.25) is 0 Å². The van der Waals surface area contributed by atoms with Gasteiger partial charge in [0.15, 0.2) is 0 Å². The van der Waals surface area contributed by atoms with E-state index in [4.69, 9.17) is 12.2 Å². The second kappa shape index (κ2) is 11.4. The molecule has 4 nitrogen and oxygen atoms in total. The predicted octanol–water partition coefficient (Wildman–Crippen LogP) is 6.37. The van der Waals surface area contributed by atoms with Crippen molar-refractivity contribution in [1.82, 2.24) is 9.80 Å². The van der Waals surface area contributed by atoms with Crippen LogP contribution in [0.25, 0.3) is 0 Å². The maximum absolute atomic E-state index is 13.6. The maximum Gasteiger partial charge on any atom is 0.242 e. The summed E-state index contributed by atoms with van der Waals surface area (Å²) in [5, 5.41) is 0. The molecule has 0 aromatic heterocycles. The third kappa shape index (κ3) is 5.73. The Bertz CT molecular complexity index is 1210. The minimum absolute atomic E-state index is 0.0623. The summed E-state index contributed by atoms with van der Waals surface area (Å²) in [4.78, 5) is 23.5. The fourth-order valence-corrected chi connectivity index (χ4v) is 6.91. The molecule has 0 unspecified atom stereocenters. The van der Waals surface area contributed by atoms with E-state index < -0.39 is 0 Å². The molecule has 2 aliphatic heterocycles. The third-order valence-corrected chi connectivity index (χ3v) is 9.54. The number of piperazine rings is 1. The molecule has 8 heteroatoms. The third-order valence-electron chi connectivity index (χ3n) is 6.18. The van der Waals surface area contributed by atoms with Gasteiger partial charge in [-0.3, -0.25) is 14.6 Å². The van der Waals surface area contributed by atoms with Crippen LogP contribution in [0.3, 0.4) is 0 Å². The second-order valence-electron chi connectivity index (χ2n) is 8.44. The predicted molar refractivity (Wildman–Crippen MR) is 154 cm³/mol. The molecular weight excluding hydrogens is 511 g/mol. The Balaban J connectivity index is 1.22. The summed E-state index contributed by atoms with van der Waals surface area (Å²) in [5.41, 5.74) is 3.26. The van der Waals surface area contributed by atoms with Crippen LogP contribution in [0.5, 0.6) is 0 Å². The Labute approximate surface area is 225 Å². The van der Waals surface area contributed by atoms with Crippen molar-refractivity contribution in [2.75, 3.05) is 43.1 Å². The van der Waals surface area contributed by atoms with Crippen molar-refractivity contribution in [3.05, 3.63) is 78.4 Å². The van der Waals surface area contributed by atoms with Gasteiger partial charge in [-0.15, -0.1) is 11.8 Å². The number of fused-ring (bicyclic) bond motifs is 2. The number of benzene rings is 3. The summed E-state index contributed by atoms with van der Waals surface area (Å²) < 4.78 is 0.815. The summed E-state index contributed by atoms with van der Waals surface area (Å²) in [7, 11) is 0. The number of carbonyl (C=O) groups excluding carboxylic acids is 1. The fraction of sp³-hybridized carbons (Fsp3) is 0.259. The lowest BCUT2D eigenvalue weighted by atomic mass is 10.2. The number of thiocarbonyl (C=S) groups is 1. The quantitative estimate of drug-likeness (QED) is 0.276. The van der Waals surface area contributed by atoms with Crippen LogP contribution in [0.1, 0.15) is 5.56 Å². The zero-order valence-electron chi connectivity index (χ0n) is 19.6. The summed E-state index contributed by atoms with van der Waals surface area (Å²) in [6.07, 6.45) is 2.06. The summed E-state index contributed by atoms with van der Waals surface area (Å²) in [6.45, 7) is 4.72. The summed E-state index contributed by atoms with van der Waals surface area (Å²) in [6, 6.07) is 25.1. The van der Waals surface area contributed by atoms with Crippen LogP contribution >= 0.6 is 47.5 Å². The van der Waals surface area contributed by atoms with E-state index in [-0.39, 0.29) is 5.91 Å². The molecule has 2 heterocycles. The number of anilines is 2. The average molecular weight is 538 g/mol. The molecule has 1 fully saturated rings. The lowest BCUT2D eigenvalue weighted by molar-refractivity contribution is -0.115. The molecule has 2 aliphatic rings. The van der Waals surface area contributed by atoms with Crippen LogP contribution in [0, 0.1) is 0 Å². The Morgan fingerprint density at radius 2 is 1.63 bits per heavy atom. The number of hydrogen-bond donors (Lipinski definition) is 0. The van der Waals surface area contributed by atoms with Crippen molar-refractivity contribution in [2.24, 2.45) is 0 Å². The van der Waals surface area contributed by atoms with Crippen LogP contribution in [-0.4, -0.2) is 58.2 Å². The van der Waals surface area contributed by atoms with Crippen LogP contribution in [-0.2, 0) is 11.3 Å². The molecule has 0 radical (unpaired) electrons. The number of rotatable bonds is 5. The highest BCUT2D eigenvalue weighted by Gasteiger charge is 2.29. The number of hydrogen-bond acceptors (Lipinski definition) is 6. The van der Waals surface area contributed by atoms with Gasteiger partial charge in [0, 0.05) is 47.4 Å². The topological polar surface area (TPSA) is 26.8 Å². The first-order valence-electron chi connectivity index (χ1n) is 11.6. The molecule has 0 bridgehead atoms. The Morgan fingerprint density at radius 3 is 2.40 bits per heavy atom. The van der Waals surface area contributed by atoms with Crippen LogP contribution in [0.15, 0.2) is 87.5 Å². The van der Waals surface area contributed by atoms with Gasteiger partial charge in [-0.05, 0) is 42.2 Å². The zero-order valence-corrected chi connectivity index (χ0v) is 22.8. The molecule has 35 heavy (non-hydrogen) atoms. The molecule has 0 saturated carbocycles.